The molecule has 0 saturated heterocycles. The van der Waals surface area contributed by atoms with E-state index in [1.807, 2.05) is 0 Å². The summed E-state index contributed by atoms with van der Waals surface area (Å²) in [6.07, 6.45) is -0.232. The highest BCUT2D eigenvalue weighted by Crippen LogP contribution is 2.36. The van der Waals surface area contributed by atoms with Gasteiger partial charge in [-0.1, -0.05) is 15.9 Å². The Labute approximate surface area is 120 Å². The minimum Gasteiger partial charge on any atom is -0.493 e. The molecule has 1 aromatic carbocycles. The summed E-state index contributed by atoms with van der Waals surface area (Å²) < 4.78 is 16.5. The highest BCUT2D eigenvalue weighted by Gasteiger charge is 2.18. The van der Waals surface area contributed by atoms with Gasteiger partial charge in [0.05, 0.1) is 26.9 Å². The molecular weight excluding hydrogens is 314 g/mol. The molecule has 0 aliphatic carbocycles. The second kappa shape index (κ2) is 8.00. The maximum absolute atomic E-state index is 9.16. The Morgan fingerprint density at radius 2 is 1.95 bits per heavy atom. The lowest BCUT2D eigenvalue weighted by Gasteiger charge is -2.15. The number of nitrogens with zero attached hydrogens (tertiary/aromatic N) is 1. The van der Waals surface area contributed by atoms with E-state index < -0.39 is 6.10 Å². The Kier molecular flexibility index (Phi) is 6.64. The van der Waals surface area contributed by atoms with Crippen LogP contribution in [-0.4, -0.2) is 32.5 Å². The number of ether oxygens (including phenoxy) is 3. The first kappa shape index (κ1) is 15.8. The van der Waals surface area contributed by atoms with E-state index >= 15 is 0 Å². The molecule has 0 fully saturated rings. The van der Waals surface area contributed by atoms with Crippen molar-refractivity contribution >= 4 is 15.9 Å². The summed E-state index contributed by atoms with van der Waals surface area (Å²) >= 11 is 3.39. The van der Waals surface area contributed by atoms with Crippen molar-refractivity contribution in [3.05, 3.63) is 22.2 Å². The second-order valence-corrected chi connectivity index (χ2v) is 4.54. The van der Waals surface area contributed by atoms with Crippen molar-refractivity contribution < 1.29 is 19.3 Å². The Morgan fingerprint density at radius 1 is 1.32 bits per heavy atom. The van der Waals surface area contributed by atoms with E-state index in [4.69, 9.17) is 24.6 Å². The molecule has 104 valence electrons. The Morgan fingerprint density at radius 3 is 2.47 bits per heavy atom. The quantitative estimate of drug-likeness (QED) is 0.778. The molecule has 0 saturated carbocycles. The van der Waals surface area contributed by atoms with E-state index in [0.717, 1.165) is 0 Å². The summed E-state index contributed by atoms with van der Waals surface area (Å²) in [5.41, 5.74) is 0.665. The summed E-state index contributed by atoms with van der Waals surface area (Å²) in [6, 6.07) is 5.51. The van der Waals surface area contributed by atoms with Crippen molar-refractivity contribution in [1.82, 2.24) is 0 Å². The number of methoxy groups -OCH3 is 2. The van der Waals surface area contributed by atoms with Gasteiger partial charge in [0, 0.05) is 16.6 Å². The van der Waals surface area contributed by atoms with Gasteiger partial charge in [-0.05, 0) is 18.6 Å². The lowest BCUT2D eigenvalue weighted by molar-refractivity contribution is 0.0768. The zero-order valence-corrected chi connectivity index (χ0v) is 12.4. The van der Waals surface area contributed by atoms with E-state index in [2.05, 4.69) is 22.0 Å². The number of hydrogen-bond acceptors (Lipinski definition) is 5. The van der Waals surface area contributed by atoms with Gasteiger partial charge >= 0.3 is 0 Å². The van der Waals surface area contributed by atoms with E-state index in [9.17, 15) is 0 Å². The standard InChI is InChI=1S/C13H16BrNO4/c1-17-11-6-9(10(14)7-12(11)18-2)13(8-15)19-5-3-4-16/h6-7,13,16H,3-5H2,1-2H3. The van der Waals surface area contributed by atoms with Gasteiger partial charge < -0.3 is 19.3 Å². The van der Waals surface area contributed by atoms with E-state index in [1.165, 1.54) is 7.11 Å². The molecule has 0 radical (unpaired) electrons. The van der Waals surface area contributed by atoms with Gasteiger partial charge in [0.25, 0.3) is 0 Å². The van der Waals surface area contributed by atoms with Crippen LogP contribution in [0.15, 0.2) is 16.6 Å². The van der Waals surface area contributed by atoms with Crippen LogP contribution in [0.2, 0.25) is 0 Å². The predicted octanol–water partition coefficient (Wildman–Crippen LogP) is 2.43. The van der Waals surface area contributed by atoms with Crippen molar-refractivity contribution in [3.63, 3.8) is 0 Å². The van der Waals surface area contributed by atoms with Crippen LogP contribution in [0.5, 0.6) is 11.5 Å². The van der Waals surface area contributed by atoms with Crippen molar-refractivity contribution in [2.24, 2.45) is 0 Å². The monoisotopic (exact) mass is 329 g/mol. The molecule has 0 spiro atoms. The first-order valence-corrected chi connectivity index (χ1v) is 6.50. The summed E-state index contributed by atoms with van der Waals surface area (Å²) in [7, 11) is 3.08. The molecule has 0 aliphatic heterocycles. The SMILES string of the molecule is COc1cc(Br)c(C(C#N)OCCCO)cc1OC. The summed E-state index contributed by atoms with van der Waals surface area (Å²) in [5, 5.41) is 17.9. The normalized spacial score (nSPS) is 11.7. The van der Waals surface area contributed by atoms with Gasteiger partial charge in [-0.25, -0.2) is 0 Å². The van der Waals surface area contributed by atoms with Crippen LogP contribution >= 0.6 is 15.9 Å². The third-order valence-corrected chi connectivity index (χ3v) is 3.18. The van der Waals surface area contributed by atoms with E-state index in [0.29, 0.717) is 34.6 Å². The van der Waals surface area contributed by atoms with Crippen LogP contribution in [0.4, 0.5) is 0 Å². The Bertz CT molecular complexity index is 459. The Hall–Kier alpha value is -1.29. The highest BCUT2D eigenvalue weighted by molar-refractivity contribution is 9.10. The van der Waals surface area contributed by atoms with E-state index in [1.54, 1.807) is 19.2 Å². The minimum atomic E-state index is -0.722. The molecule has 0 aromatic heterocycles. The van der Waals surface area contributed by atoms with Gasteiger partial charge in [0.2, 0.25) is 0 Å². The lowest BCUT2D eigenvalue weighted by Crippen LogP contribution is -2.06. The zero-order valence-electron chi connectivity index (χ0n) is 10.9. The molecule has 6 heteroatoms. The number of aliphatic hydroxyl groups is 1. The molecule has 1 N–H and O–H groups in total. The maximum atomic E-state index is 9.16. The number of nitriles is 1. The molecule has 1 atom stereocenters. The molecular formula is C13H16BrNO4. The van der Waals surface area contributed by atoms with Crippen LogP contribution in [0.25, 0.3) is 0 Å². The van der Waals surface area contributed by atoms with Crippen LogP contribution in [0.1, 0.15) is 18.1 Å². The fourth-order valence-corrected chi connectivity index (χ4v) is 2.06. The van der Waals surface area contributed by atoms with Crippen LogP contribution in [0, 0.1) is 11.3 Å². The molecule has 1 rings (SSSR count). The highest BCUT2D eigenvalue weighted by atomic mass is 79.9. The number of benzene rings is 1. The van der Waals surface area contributed by atoms with Gasteiger partial charge in [-0.15, -0.1) is 0 Å². The topological polar surface area (TPSA) is 71.7 Å². The van der Waals surface area contributed by atoms with Crippen LogP contribution < -0.4 is 9.47 Å². The lowest BCUT2D eigenvalue weighted by atomic mass is 10.1. The molecule has 0 bridgehead atoms. The number of halogens is 1. The van der Waals surface area contributed by atoms with Crippen molar-refractivity contribution in [3.8, 4) is 17.6 Å². The van der Waals surface area contributed by atoms with Crippen LogP contribution in [-0.2, 0) is 4.74 Å². The second-order valence-electron chi connectivity index (χ2n) is 3.69. The van der Waals surface area contributed by atoms with Gasteiger partial charge in [0.1, 0.15) is 0 Å². The summed E-state index contributed by atoms with van der Waals surface area (Å²) in [5.74, 6) is 1.11. The summed E-state index contributed by atoms with van der Waals surface area (Å²) in [6.45, 7) is 0.348. The smallest absolute Gasteiger partial charge is 0.170 e. The zero-order chi connectivity index (χ0) is 14.3. The van der Waals surface area contributed by atoms with Gasteiger partial charge in [0.15, 0.2) is 17.6 Å². The number of aliphatic hydroxyl groups excluding tert-OH is 1. The Balaban J connectivity index is 3.00. The predicted molar refractivity (Wildman–Crippen MR) is 73.3 cm³/mol. The average Bonchev–Trinajstić information content (AvgIpc) is 2.44. The van der Waals surface area contributed by atoms with Crippen LogP contribution in [0.3, 0.4) is 0 Å². The minimum absolute atomic E-state index is 0.0330. The first-order valence-electron chi connectivity index (χ1n) is 5.71. The molecule has 5 nitrogen and oxygen atoms in total. The number of hydrogen-bond donors (Lipinski definition) is 1. The largest absolute Gasteiger partial charge is 0.493 e. The average molecular weight is 330 g/mol. The van der Waals surface area contributed by atoms with Crippen molar-refractivity contribution in [1.29, 1.82) is 5.26 Å². The molecule has 1 unspecified atom stereocenters. The molecule has 19 heavy (non-hydrogen) atoms. The third-order valence-electron chi connectivity index (χ3n) is 2.49. The fourth-order valence-electron chi connectivity index (χ4n) is 1.53. The summed E-state index contributed by atoms with van der Waals surface area (Å²) in [4.78, 5) is 0. The van der Waals surface area contributed by atoms with Gasteiger partial charge in [-0.2, -0.15) is 5.26 Å². The molecule has 0 aliphatic rings. The van der Waals surface area contributed by atoms with Crippen molar-refractivity contribution in [2.45, 2.75) is 12.5 Å². The maximum Gasteiger partial charge on any atom is 0.170 e. The third kappa shape index (κ3) is 4.10. The molecule has 0 heterocycles. The first-order chi connectivity index (χ1) is 9.17. The van der Waals surface area contributed by atoms with Crippen molar-refractivity contribution in [2.75, 3.05) is 27.4 Å². The number of rotatable bonds is 7. The molecule has 0 amide bonds. The van der Waals surface area contributed by atoms with E-state index in [-0.39, 0.29) is 6.61 Å². The van der Waals surface area contributed by atoms with Gasteiger partial charge in [-0.3, -0.25) is 0 Å². The fraction of sp³-hybridized carbons (Fsp3) is 0.462. The molecule has 1 aromatic rings.